The van der Waals surface area contributed by atoms with E-state index in [-0.39, 0.29) is 24.4 Å². The number of nitrogens with zero attached hydrogens (tertiary/aromatic N) is 2. The van der Waals surface area contributed by atoms with Gasteiger partial charge < -0.3 is 10.2 Å². The van der Waals surface area contributed by atoms with Crippen LogP contribution in [0.25, 0.3) is 0 Å². The van der Waals surface area contributed by atoms with E-state index < -0.39 is 0 Å². The first-order valence-corrected chi connectivity index (χ1v) is 9.44. The van der Waals surface area contributed by atoms with E-state index in [1.807, 2.05) is 55.4 Å². The predicted molar refractivity (Wildman–Crippen MR) is 113 cm³/mol. The van der Waals surface area contributed by atoms with Gasteiger partial charge in [-0.2, -0.15) is 0 Å². The van der Waals surface area contributed by atoms with Gasteiger partial charge in [-0.1, -0.05) is 60.7 Å². The summed E-state index contributed by atoms with van der Waals surface area (Å²) in [4.78, 5) is 17.2. The van der Waals surface area contributed by atoms with Gasteiger partial charge in [-0.3, -0.25) is 9.69 Å². The maximum atomic E-state index is 13.1. The van der Waals surface area contributed by atoms with E-state index in [0.29, 0.717) is 12.6 Å². The minimum absolute atomic E-state index is 0. The smallest absolute Gasteiger partial charge is 0.237 e. The summed E-state index contributed by atoms with van der Waals surface area (Å²) in [7, 11) is 3.93. The molecule has 1 aliphatic rings. The number of carbonyl (C=O) groups excluding carboxylic acids is 1. The molecular formula is C22H30ClN3O. The molecule has 3 rings (SSSR count). The zero-order valence-electron chi connectivity index (χ0n) is 16.2. The fourth-order valence-corrected chi connectivity index (χ4v) is 3.79. The first-order chi connectivity index (χ1) is 12.7. The fourth-order valence-electron chi connectivity index (χ4n) is 3.79. The summed E-state index contributed by atoms with van der Waals surface area (Å²) in [6.45, 7) is 2.42. The molecule has 0 bridgehead atoms. The predicted octanol–water partition coefficient (Wildman–Crippen LogP) is 3.34. The Bertz CT molecular complexity index is 656. The lowest BCUT2D eigenvalue weighted by Gasteiger charge is -2.35. The zero-order chi connectivity index (χ0) is 18.4. The molecule has 2 aromatic rings. The largest absolute Gasteiger partial charge is 0.334 e. The van der Waals surface area contributed by atoms with Crippen molar-refractivity contribution in [1.82, 2.24) is 15.1 Å². The molecule has 0 aromatic heterocycles. The summed E-state index contributed by atoms with van der Waals surface area (Å²) in [6.07, 6.45) is 2.33. The van der Waals surface area contributed by atoms with Crippen LogP contribution in [0, 0.1) is 0 Å². The second-order valence-corrected chi connectivity index (χ2v) is 7.09. The van der Waals surface area contributed by atoms with E-state index >= 15 is 0 Å². The third-order valence-electron chi connectivity index (χ3n) is 5.28. The monoisotopic (exact) mass is 387 g/mol. The first kappa shape index (κ1) is 21.4. The molecule has 1 atom stereocenters. The third-order valence-corrected chi connectivity index (χ3v) is 5.28. The van der Waals surface area contributed by atoms with Gasteiger partial charge in [0.2, 0.25) is 5.91 Å². The van der Waals surface area contributed by atoms with Gasteiger partial charge in [0.05, 0.1) is 12.6 Å². The molecule has 0 radical (unpaired) electrons. The van der Waals surface area contributed by atoms with Gasteiger partial charge in [0.15, 0.2) is 0 Å². The van der Waals surface area contributed by atoms with E-state index in [4.69, 9.17) is 0 Å². The highest BCUT2D eigenvalue weighted by molar-refractivity contribution is 5.85. The molecule has 5 heteroatoms. The minimum atomic E-state index is -0.0604. The van der Waals surface area contributed by atoms with E-state index in [1.54, 1.807) is 0 Å². The van der Waals surface area contributed by atoms with E-state index in [1.165, 1.54) is 6.42 Å². The van der Waals surface area contributed by atoms with Crippen molar-refractivity contribution >= 4 is 18.3 Å². The fraction of sp³-hybridized carbons (Fsp3) is 0.409. The van der Waals surface area contributed by atoms with Crippen LogP contribution in [0.1, 0.15) is 30.0 Å². The van der Waals surface area contributed by atoms with Crippen molar-refractivity contribution in [1.29, 1.82) is 0 Å². The average Bonchev–Trinajstić information content (AvgIpc) is 2.70. The maximum absolute atomic E-state index is 13.1. The summed E-state index contributed by atoms with van der Waals surface area (Å²) in [5, 5.41) is 3.34. The average molecular weight is 388 g/mol. The standard InChI is InChI=1S/C22H29N3O.ClH/c1-23-20-14-9-15-25(16-20)17-21(26)24(2)22(18-10-5-3-6-11-18)19-12-7-4-8-13-19;/h3-8,10-13,20,22-23H,9,14-17H2,1-2H3;1H. The summed E-state index contributed by atoms with van der Waals surface area (Å²) in [5.74, 6) is 0.166. The van der Waals surface area contributed by atoms with Gasteiger partial charge in [0.1, 0.15) is 0 Å². The number of amides is 1. The van der Waals surface area contributed by atoms with Crippen LogP contribution in [-0.4, -0.2) is 55.5 Å². The zero-order valence-corrected chi connectivity index (χ0v) is 17.0. The molecular weight excluding hydrogens is 358 g/mol. The highest BCUT2D eigenvalue weighted by Crippen LogP contribution is 2.27. The van der Waals surface area contributed by atoms with Crippen LogP contribution in [0.15, 0.2) is 60.7 Å². The lowest BCUT2D eigenvalue weighted by Crippen LogP contribution is -2.48. The van der Waals surface area contributed by atoms with Crippen LogP contribution in [-0.2, 0) is 4.79 Å². The molecule has 4 nitrogen and oxygen atoms in total. The van der Waals surface area contributed by atoms with Crippen LogP contribution in [0.2, 0.25) is 0 Å². The number of likely N-dealkylation sites (tertiary alicyclic amines) is 1. The van der Waals surface area contributed by atoms with Crippen LogP contribution >= 0.6 is 12.4 Å². The molecule has 27 heavy (non-hydrogen) atoms. The van der Waals surface area contributed by atoms with Gasteiger partial charge in [-0.05, 0) is 37.6 Å². The van der Waals surface area contributed by atoms with E-state index in [9.17, 15) is 4.79 Å². The van der Waals surface area contributed by atoms with Crippen molar-refractivity contribution in [2.24, 2.45) is 0 Å². The van der Waals surface area contributed by atoms with Gasteiger partial charge in [-0.25, -0.2) is 0 Å². The maximum Gasteiger partial charge on any atom is 0.237 e. The molecule has 1 fully saturated rings. The first-order valence-electron chi connectivity index (χ1n) is 9.44. The molecule has 1 saturated heterocycles. The molecule has 1 N–H and O–H groups in total. The summed E-state index contributed by atoms with van der Waals surface area (Å²) < 4.78 is 0. The Labute approximate surface area is 169 Å². The van der Waals surface area contributed by atoms with Crippen molar-refractivity contribution in [2.75, 3.05) is 33.7 Å². The SMILES string of the molecule is CNC1CCCN(CC(=O)N(C)C(c2ccccc2)c2ccccc2)C1.Cl. The summed E-state index contributed by atoms with van der Waals surface area (Å²) >= 11 is 0. The van der Waals surface area contributed by atoms with Crippen molar-refractivity contribution in [3.8, 4) is 0 Å². The van der Waals surface area contributed by atoms with Gasteiger partial charge in [-0.15, -0.1) is 12.4 Å². The van der Waals surface area contributed by atoms with Crippen LogP contribution in [0.4, 0.5) is 0 Å². The van der Waals surface area contributed by atoms with Crippen LogP contribution in [0.3, 0.4) is 0 Å². The molecule has 0 spiro atoms. The van der Waals surface area contributed by atoms with Crippen molar-refractivity contribution in [2.45, 2.75) is 24.9 Å². The quantitative estimate of drug-likeness (QED) is 0.825. The molecule has 1 amide bonds. The Balaban J connectivity index is 0.00000261. The number of piperidine rings is 1. The number of likely N-dealkylation sites (N-methyl/N-ethyl adjacent to an activating group) is 2. The molecule has 2 aromatic carbocycles. The number of halogens is 1. The highest BCUT2D eigenvalue weighted by Gasteiger charge is 2.26. The summed E-state index contributed by atoms with van der Waals surface area (Å²) in [6, 6.07) is 21.0. The van der Waals surface area contributed by atoms with Crippen LogP contribution < -0.4 is 5.32 Å². The lowest BCUT2D eigenvalue weighted by molar-refractivity contribution is -0.133. The van der Waals surface area contributed by atoms with Crippen molar-refractivity contribution in [3.63, 3.8) is 0 Å². The summed E-state index contributed by atoms with van der Waals surface area (Å²) in [5.41, 5.74) is 2.28. The topological polar surface area (TPSA) is 35.6 Å². The Kier molecular flexibility index (Phi) is 8.29. The van der Waals surface area contributed by atoms with Gasteiger partial charge in [0, 0.05) is 19.6 Å². The molecule has 1 aliphatic heterocycles. The van der Waals surface area contributed by atoms with Gasteiger partial charge in [0.25, 0.3) is 0 Å². The van der Waals surface area contributed by atoms with Crippen LogP contribution in [0.5, 0.6) is 0 Å². The lowest BCUT2D eigenvalue weighted by atomic mass is 9.97. The van der Waals surface area contributed by atoms with Gasteiger partial charge >= 0.3 is 0 Å². The molecule has 1 heterocycles. The number of benzene rings is 2. The molecule has 0 aliphatic carbocycles. The Morgan fingerprint density at radius 3 is 2.19 bits per heavy atom. The van der Waals surface area contributed by atoms with Crippen molar-refractivity contribution < 1.29 is 4.79 Å². The molecule has 146 valence electrons. The Hall–Kier alpha value is -1.88. The second-order valence-electron chi connectivity index (χ2n) is 7.09. The van der Waals surface area contributed by atoms with E-state index in [0.717, 1.165) is 30.6 Å². The number of rotatable bonds is 6. The third kappa shape index (κ3) is 5.55. The number of carbonyl (C=O) groups is 1. The Morgan fingerprint density at radius 1 is 1.11 bits per heavy atom. The molecule has 1 unspecified atom stereocenters. The second kappa shape index (κ2) is 10.5. The number of nitrogens with one attached hydrogen (secondary N) is 1. The Morgan fingerprint density at radius 2 is 1.67 bits per heavy atom. The minimum Gasteiger partial charge on any atom is -0.334 e. The number of hydrogen-bond acceptors (Lipinski definition) is 3. The number of hydrogen-bond donors (Lipinski definition) is 1. The molecule has 0 saturated carbocycles. The normalized spacial score (nSPS) is 17.4. The highest BCUT2D eigenvalue weighted by atomic mass is 35.5. The van der Waals surface area contributed by atoms with Crippen molar-refractivity contribution in [3.05, 3.63) is 71.8 Å². The van der Waals surface area contributed by atoms with E-state index in [2.05, 4.69) is 34.5 Å².